The molecule has 0 heterocycles. The molecule has 1 N–H and O–H groups in total. The highest BCUT2D eigenvalue weighted by Gasteiger charge is 2.35. The van der Waals surface area contributed by atoms with Gasteiger partial charge in [-0.1, -0.05) is 77.8 Å². The molecule has 2 amide bonds. The third-order valence-corrected chi connectivity index (χ3v) is 9.70. The van der Waals surface area contributed by atoms with Gasteiger partial charge in [0, 0.05) is 23.5 Å². The number of benzene rings is 4. The maximum Gasteiger partial charge on any atom is 0.264 e. The van der Waals surface area contributed by atoms with Crippen molar-refractivity contribution < 1.29 is 18.0 Å². The summed E-state index contributed by atoms with van der Waals surface area (Å²) in [4.78, 5) is 30.1. The van der Waals surface area contributed by atoms with Crippen LogP contribution in [0.2, 0.25) is 5.02 Å². The summed E-state index contributed by atoms with van der Waals surface area (Å²) in [5, 5.41) is 3.53. The SMILES string of the molecule is Cc1ccc(S(=O)(=O)N(CC(=O)N(Cc2cccc(Cl)c2)[C@@H](Cc2ccccc2)C(=O)NC(C)(C)C)c2ccc(C)c(C)c2)cc1. The van der Waals surface area contributed by atoms with Crippen LogP contribution in [-0.2, 0) is 32.6 Å². The van der Waals surface area contributed by atoms with Crippen molar-refractivity contribution in [3.05, 3.63) is 130 Å². The van der Waals surface area contributed by atoms with E-state index in [-0.39, 0.29) is 23.8 Å². The van der Waals surface area contributed by atoms with Crippen LogP contribution in [0.4, 0.5) is 5.69 Å². The Balaban J connectivity index is 1.84. The van der Waals surface area contributed by atoms with Crippen molar-refractivity contribution in [2.24, 2.45) is 0 Å². The minimum absolute atomic E-state index is 0.0415. The number of rotatable bonds is 11. The van der Waals surface area contributed by atoms with E-state index in [1.165, 1.54) is 4.90 Å². The van der Waals surface area contributed by atoms with E-state index < -0.39 is 34.1 Å². The largest absolute Gasteiger partial charge is 0.350 e. The van der Waals surface area contributed by atoms with Crippen LogP contribution in [0, 0.1) is 20.8 Å². The number of anilines is 1. The Kier molecular flexibility index (Phi) is 11.0. The third-order valence-electron chi connectivity index (χ3n) is 7.68. The number of sulfonamides is 1. The molecule has 0 aliphatic carbocycles. The number of hydrogen-bond donors (Lipinski definition) is 1. The average molecular weight is 660 g/mol. The van der Waals surface area contributed by atoms with E-state index in [0.717, 1.165) is 26.6 Å². The van der Waals surface area contributed by atoms with Crippen molar-refractivity contribution >= 4 is 39.1 Å². The zero-order valence-electron chi connectivity index (χ0n) is 27.2. The van der Waals surface area contributed by atoms with Crippen LogP contribution in [0.15, 0.2) is 102 Å². The van der Waals surface area contributed by atoms with E-state index in [1.807, 2.05) is 84.0 Å². The van der Waals surface area contributed by atoms with E-state index in [1.54, 1.807) is 54.6 Å². The van der Waals surface area contributed by atoms with Gasteiger partial charge in [0.15, 0.2) is 0 Å². The number of amides is 2. The van der Waals surface area contributed by atoms with E-state index in [0.29, 0.717) is 16.3 Å². The summed E-state index contributed by atoms with van der Waals surface area (Å²) in [5.74, 6) is -0.871. The topological polar surface area (TPSA) is 86.8 Å². The lowest BCUT2D eigenvalue weighted by molar-refractivity contribution is -0.140. The molecule has 242 valence electrons. The quantitative estimate of drug-likeness (QED) is 0.188. The Morgan fingerprint density at radius 3 is 2.07 bits per heavy atom. The zero-order chi connectivity index (χ0) is 33.6. The van der Waals surface area contributed by atoms with Crippen molar-refractivity contribution in [3.63, 3.8) is 0 Å². The number of aryl methyl sites for hydroxylation is 3. The van der Waals surface area contributed by atoms with Crippen LogP contribution in [0.25, 0.3) is 0 Å². The monoisotopic (exact) mass is 659 g/mol. The van der Waals surface area contributed by atoms with Gasteiger partial charge in [0.1, 0.15) is 12.6 Å². The van der Waals surface area contributed by atoms with E-state index in [2.05, 4.69) is 5.32 Å². The summed E-state index contributed by atoms with van der Waals surface area (Å²) in [6.07, 6.45) is 0.226. The number of hydrogen-bond acceptors (Lipinski definition) is 4. The van der Waals surface area contributed by atoms with E-state index in [4.69, 9.17) is 11.6 Å². The highest BCUT2D eigenvalue weighted by molar-refractivity contribution is 7.92. The highest BCUT2D eigenvalue weighted by Crippen LogP contribution is 2.27. The number of carbonyl (C=O) groups excluding carboxylic acids is 2. The van der Waals surface area contributed by atoms with E-state index in [9.17, 15) is 18.0 Å². The Bertz CT molecular complexity index is 1790. The third kappa shape index (κ3) is 8.98. The lowest BCUT2D eigenvalue weighted by atomic mass is 10.0. The molecule has 0 aliphatic heterocycles. The summed E-state index contributed by atoms with van der Waals surface area (Å²) < 4.78 is 29.6. The standard InChI is InChI=1S/C37H42ClN3O4S/c1-26-15-19-33(20-16-26)46(44,45)41(32-18-17-27(2)28(3)21-32)25-35(42)40(24-30-13-10-14-31(38)22-30)34(36(43)39-37(4,5)6)23-29-11-8-7-9-12-29/h7-22,34H,23-25H2,1-6H3,(H,39,43)/t34-/m0/s1. The average Bonchev–Trinajstić information content (AvgIpc) is 2.99. The number of nitrogens with one attached hydrogen (secondary N) is 1. The summed E-state index contributed by atoms with van der Waals surface area (Å²) in [5.41, 5.74) is 4.15. The van der Waals surface area contributed by atoms with Gasteiger partial charge in [0.25, 0.3) is 10.0 Å². The zero-order valence-corrected chi connectivity index (χ0v) is 28.8. The molecular weight excluding hydrogens is 618 g/mol. The molecule has 0 fully saturated rings. The molecule has 4 rings (SSSR count). The molecule has 0 spiro atoms. The fraction of sp³-hybridized carbons (Fsp3) is 0.297. The van der Waals surface area contributed by atoms with Gasteiger partial charge in [-0.05, 0) is 100 Å². The molecule has 0 saturated heterocycles. The van der Waals surface area contributed by atoms with Crippen molar-refractivity contribution in [1.29, 1.82) is 0 Å². The lowest BCUT2D eigenvalue weighted by Gasteiger charge is -2.35. The first-order chi connectivity index (χ1) is 21.6. The molecule has 0 unspecified atom stereocenters. The Labute approximate surface area is 278 Å². The molecule has 9 heteroatoms. The second-order valence-electron chi connectivity index (χ2n) is 12.7. The van der Waals surface area contributed by atoms with Crippen LogP contribution >= 0.6 is 11.6 Å². The predicted octanol–water partition coefficient (Wildman–Crippen LogP) is 7.02. The lowest BCUT2D eigenvalue weighted by Crippen LogP contribution is -2.56. The molecule has 0 aromatic heterocycles. The van der Waals surface area contributed by atoms with Gasteiger partial charge in [-0.15, -0.1) is 0 Å². The predicted molar refractivity (Wildman–Crippen MR) is 185 cm³/mol. The Hall–Kier alpha value is -4.14. The van der Waals surface area contributed by atoms with Crippen LogP contribution < -0.4 is 9.62 Å². The highest BCUT2D eigenvalue weighted by atomic mass is 35.5. The number of carbonyl (C=O) groups is 2. The number of nitrogens with zero attached hydrogens (tertiary/aromatic N) is 2. The van der Waals surface area contributed by atoms with Gasteiger partial charge >= 0.3 is 0 Å². The molecule has 4 aromatic rings. The second-order valence-corrected chi connectivity index (χ2v) is 15.0. The molecule has 46 heavy (non-hydrogen) atoms. The van der Waals surface area contributed by atoms with Crippen molar-refractivity contribution in [2.75, 3.05) is 10.8 Å². The smallest absolute Gasteiger partial charge is 0.264 e. The second kappa shape index (κ2) is 14.5. The molecule has 7 nitrogen and oxygen atoms in total. The van der Waals surface area contributed by atoms with Gasteiger partial charge in [-0.2, -0.15) is 0 Å². The molecule has 0 saturated carbocycles. The minimum Gasteiger partial charge on any atom is -0.350 e. The molecule has 0 aliphatic rings. The van der Waals surface area contributed by atoms with Crippen LogP contribution in [0.5, 0.6) is 0 Å². The molecule has 0 radical (unpaired) electrons. The van der Waals surface area contributed by atoms with Gasteiger partial charge in [0.05, 0.1) is 10.6 Å². The fourth-order valence-electron chi connectivity index (χ4n) is 5.09. The Morgan fingerprint density at radius 2 is 1.46 bits per heavy atom. The normalized spacial score (nSPS) is 12.3. The number of halogens is 1. The summed E-state index contributed by atoms with van der Waals surface area (Å²) >= 11 is 6.33. The van der Waals surface area contributed by atoms with Crippen molar-refractivity contribution in [1.82, 2.24) is 10.2 Å². The summed E-state index contributed by atoms with van der Waals surface area (Å²) in [6.45, 7) is 10.9. The molecule has 4 aromatic carbocycles. The van der Waals surface area contributed by atoms with E-state index >= 15 is 0 Å². The van der Waals surface area contributed by atoms with Gasteiger partial charge in [-0.3, -0.25) is 13.9 Å². The van der Waals surface area contributed by atoms with Gasteiger partial charge in [-0.25, -0.2) is 8.42 Å². The van der Waals surface area contributed by atoms with Gasteiger partial charge < -0.3 is 10.2 Å². The van der Waals surface area contributed by atoms with Crippen LogP contribution in [0.3, 0.4) is 0 Å². The first-order valence-electron chi connectivity index (χ1n) is 15.2. The maximum atomic E-state index is 14.6. The maximum absolute atomic E-state index is 14.6. The molecular formula is C37H42ClN3O4S. The van der Waals surface area contributed by atoms with Crippen LogP contribution in [0.1, 0.15) is 48.6 Å². The van der Waals surface area contributed by atoms with Crippen molar-refractivity contribution in [3.8, 4) is 0 Å². The Morgan fingerprint density at radius 1 is 0.804 bits per heavy atom. The molecule has 1 atom stereocenters. The first-order valence-corrected chi connectivity index (χ1v) is 17.0. The first kappa shape index (κ1) is 34.7. The molecule has 0 bridgehead atoms. The fourth-order valence-corrected chi connectivity index (χ4v) is 6.70. The minimum atomic E-state index is -4.18. The summed E-state index contributed by atoms with van der Waals surface area (Å²) in [7, 11) is -4.18. The van der Waals surface area contributed by atoms with Gasteiger partial charge in [0.2, 0.25) is 11.8 Å². The summed E-state index contributed by atoms with van der Waals surface area (Å²) in [6, 6.07) is 27.5. The van der Waals surface area contributed by atoms with Crippen molar-refractivity contribution in [2.45, 2.75) is 71.0 Å². The van der Waals surface area contributed by atoms with Crippen LogP contribution in [-0.4, -0.2) is 43.3 Å².